The standard InChI is InChI=1S/C20H20BrClN4O4/c21-16-12-15(26(29)30)5-6-18(16)23-19(27)13-24-7-9-25(10-8-24)20(28)11-14-3-1-2-4-17(14)22/h1-6,12H,7-11,13H2,(H,23,27). The molecular weight excluding hydrogens is 476 g/mol. The summed E-state index contributed by atoms with van der Waals surface area (Å²) < 4.78 is 0.444. The van der Waals surface area contributed by atoms with Gasteiger partial charge in [-0.05, 0) is 33.6 Å². The van der Waals surface area contributed by atoms with Crippen LogP contribution in [0, 0.1) is 10.1 Å². The van der Waals surface area contributed by atoms with Gasteiger partial charge in [0.1, 0.15) is 0 Å². The molecule has 10 heteroatoms. The Morgan fingerprint density at radius 3 is 2.47 bits per heavy atom. The van der Waals surface area contributed by atoms with Gasteiger partial charge in [0.2, 0.25) is 11.8 Å². The number of carbonyl (C=O) groups is 2. The number of hydrogen-bond acceptors (Lipinski definition) is 5. The van der Waals surface area contributed by atoms with Gasteiger partial charge in [-0.25, -0.2) is 0 Å². The third kappa shape index (κ3) is 5.78. The highest BCUT2D eigenvalue weighted by molar-refractivity contribution is 9.10. The number of nitrogens with zero attached hydrogens (tertiary/aromatic N) is 3. The lowest BCUT2D eigenvalue weighted by molar-refractivity contribution is -0.384. The Morgan fingerprint density at radius 1 is 1.13 bits per heavy atom. The first kappa shape index (κ1) is 22.2. The Kier molecular flexibility index (Phi) is 7.41. The van der Waals surface area contributed by atoms with Crippen molar-refractivity contribution in [3.63, 3.8) is 0 Å². The lowest BCUT2D eigenvalue weighted by atomic mass is 10.1. The summed E-state index contributed by atoms with van der Waals surface area (Å²) >= 11 is 9.37. The maximum absolute atomic E-state index is 12.5. The molecule has 1 aliphatic heterocycles. The Morgan fingerprint density at radius 2 is 1.83 bits per heavy atom. The minimum Gasteiger partial charge on any atom is -0.340 e. The van der Waals surface area contributed by atoms with Crippen LogP contribution in [0.25, 0.3) is 0 Å². The quantitative estimate of drug-likeness (QED) is 0.490. The van der Waals surface area contributed by atoms with Crippen LogP contribution in [0.15, 0.2) is 46.9 Å². The fourth-order valence-electron chi connectivity index (χ4n) is 3.18. The number of benzene rings is 2. The van der Waals surface area contributed by atoms with Gasteiger partial charge in [-0.3, -0.25) is 24.6 Å². The number of nitro groups is 1. The normalized spacial score (nSPS) is 14.4. The molecule has 0 unspecified atom stereocenters. The highest BCUT2D eigenvalue weighted by Gasteiger charge is 2.23. The zero-order valence-corrected chi connectivity index (χ0v) is 18.4. The van der Waals surface area contributed by atoms with Crippen molar-refractivity contribution < 1.29 is 14.5 Å². The second-order valence-electron chi connectivity index (χ2n) is 6.89. The first-order valence-electron chi connectivity index (χ1n) is 9.31. The van der Waals surface area contributed by atoms with E-state index in [1.165, 1.54) is 18.2 Å². The molecule has 0 aromatic heterocycles. The largest absolute Gasteiger partial charge is 0.340 e. The van der Waals surface area contributed by atoms with Crippen molar-refractivity contribution in [1.29, 1.82) is 0 Å². The van der Waals surface area contributed by atoms with Gasteiger partial charge in [0, 0.05) is 47.8 Å². The van der Waals surface area contributed by atoms with E-state index in [-0.39, 0.29) is 30.5 Å². The maximum atomic E-state index is 12.5. The van der Waals surface area contributed by atoms with Gasteiger partial charge < -0.3 is 10.2 Å². The molecule has 1 aliphatic rings. The average Bonchev–Trinajstić information content (AvgIpc) is 2.71. The third-order valence-electron chi connectivity index (χ3n) is 4.83. The summed E-state index contributed by atoms with van der Waals surface area (Å²) in [4.78, 5) is 38.9. The van der Waals surface area contributed by atoms with Crippen LogP contribution in [0.2, 0.25) is 5.02 Å². The molecule has 1 fully saturated rings. The van der Waals surface area contributed by atoms with Crippen molar-refractivity contribution in [2.24, 2.45) is 0 Å². The fraction of sp³-hybridized carbons (Fsp3) is 0.300. The summed E-state index contributed by atoms with van der Waals surface area (Å²) in [7, 11) is 0. The van der Waals surface area contributed by atoms with Crippen molar-refractivity contribution in [2.75, 3.05) is 38.0 Å². The van der Waals surface area contributed by atoms with E-state index in [0.29, 0.717) is 41.4 Å². The van der Waals surface area contributed by atoms with E-state index in [9.17, 15) is 19.7 Å². The summed E-state index contributed by atoms with van der Waals surface area (Å²) in [6, 6.07) is 11.5. The molecule has 2 aromatic carbocycles. The number of nitro benzene ring substituents is 1. The van der Waals surface area contributed by atoms with E-state index in [2.05, 4.69) is 21.2 Å². The lowest BCUT2D eigenvalue weighted by Crippen LogP contribution is -2.50. The molecular formula is C20H20BrClN4O4. The Labute approximate surface area is 187 Å². The van der Waals surface area contributed by atoms with Crippen LogP contribution in [0.3, 0.4) is 0 Å². The highest BCUT2D eigenvalue weighted by Crippen LogP contribution is 2.27. The van der Waals surface area contributed by atoms with Gasteiger partial charge in [-0.2, -0.15) is 0 Å². The number of piperazine rings is 1. The molecule has 0 bridgehead atoms. The first-order valence-corrected chi connectivity index (χ1v) is 10.5. The molecule has 158 valence electrons. The monoisotopic (exact) mass is 494 g/mol. The zero-order chi connectivity index (χ0) is 21.7. The van der Waals surface area contributed by atoms with Crippen LogP contribution >= 0.6 is 27.5 Å². The fourth-order valence-corrected chi connectivity index (χ4v) is 3.85. The van der Waals surface area contributed by atoms with Gasteiger partial charge in [0.15, 0.2) is 0 Å². The number of anilines is 1. The molecule has 0 spiro atoms. The predicted molar refractivity (Wildman–Crippen MR) is 118 cm³/mol. The molecule has 0 atom stereocenters. The van der Waals surface area contributed by atoms with Crippen LogP contribution in [0.4, 0.5) is 11.4 Å². The van der Waals surface area contributed by atoms with Crippen LogP contribution in [-0.2, 0) is 16.0 Å². The lowest BCUT2D eigenvalue weighted by Gasteiger charge is -2.34. The molecule has 3 rings (SSSR count). The number of hydrogen-bond donors (Lipinski definition) is 1. The first-order chi connectivity index (χ1) is 14.3. The summed E-state index contributed by atoms with van der Waals surface area (Å²) in [6.45, 7) is 2.43. The van der Waals surface area contributed by atoms with Crippen molar-refractivity contribution in [1.82, 2.24) is 9.80 Å². The Bertz CT molecular complexity index is 964. The zero-order valence-electron chi connectivity index (χ0n) is 16.0. The number of carbonyl (C=O) groups excluding carboxylic acids is 2. The van der Waals surface area contributed by atoms with Crippen LogP contribution in [-0.4, -0.2) is 59.3 Å². The van der Waals surface area contributed by atoms with Crippen LogP contribution in [0.1, 0.15) is 5.56 Å². The molecule has 8 nitrogen and oxygen atoms in total. The number of non-ortho nitro benzene ring substituents is 1. The van der Waals surface area contributed by atoms with E-state index < -0.39 is 4.92 Å². The Balaban J connectivity index is 1.47. The summed E-state index contributed by atoms with van der Waals surface area (Å²) in [5, 5.41) is 14.1. The number of halogens is 2. The van der Waals surface area contributed by atoms with E-state index in [1.807, 2.05) is 23.1 Å². The van der Waals surface area contributed by atoms with Crippen molar-refractivity contribution in [3.05, 3.63) is 67.6 Å². The molecule has 1 N–H and O–H groups in total. The molecule has 1 heterocycles. The van der Waals surface area contributed by atoms with Gasteiger partial charge in [-0.15, -0.1) is 0 Å². The van der Waals surface area contributed by atoms with E-state index in [1.54, 1.807) is 11.0 Å². The summed E-state index contributed by atoms with van der Waals surface area (Å²) in [5.74, 6) is -0.206. The number of amides is 2. The molecule has 2 aromatic rings. The SMILES string of the molecule is O=C(CN1CCN(C(=O)Cc2ccccc2Cl)CC1)Nc1ccc([N+](=O)[O-])cc1Br. The second kappa shape index (κ2) is 10.0. The van der Waals surface area contributed by atoms with Gasteiger partial charge in [-0.1, -0.05) is 29.8 Å². The van der Waals surface area contributed by atoms with E-state index in [4.69, 9.17) is 11.6 Å². The van der Waals surface area contributed by atoms with Crippen molar-refractivity contribution in [2.45, 2.75) is 6.42 Å². The van der Waals surface area contributed by atoms with Gasteiger partial charge in [0.25, 0.3) is 5.69 Å². The minimum absolute atomic E-state index is 0.0158. The highest BCUT2D eigenvalue weighted by atomic mass is 79.9. The van der Waals surface area contributed by atoms with Crippen LogP contribution < -0.4 is 5.32 Å². The smallest absolute Gasteiger partial charge is 0.270 e. The van der Waals surface area contributed by atoms with Gasteiger partial charge >= 0.3 is 0 Å². The van der Waals surface area contributed by atoms with Crippen LogP contribution in [0.5, 0.6) is 0 Å². The van der Waals surface area contributed by atoms with Crippen molar-refractivity contribution in [3.8, 4) is 0 Å². The van der Waals surface area contributed by atoms with Gasteiger partial charge in [0.05, 0.1) is 23.6 Å². The predicted octanol–water partition coefficient (Wildman–Crippen LogP) is 3.34. The molecule has 0 saturated carbocycles. The molecule has 0 radical (unpaired) electrons. The molecule has 30 heavy (non-hydrogen) atoms. The van der Waals surface area contributed by atoms with E-state index >= 15 is 0 Å². The summed E-state index contributed by atoms with van der Waals surface area (Å²) in [6.07, 6.45) is 0.258. The van der Waals surface area contributed by atoms with Crippen molar-refractivity contribution >= 4 is 50.7 Å². The summed E-state index contributed by atoms with van der Waals surface area (Å²) in [5.41, 5.74) is 1.22. The molecule has 2 amide bonds. The minimum atomic E-state index is -0.497. The number of rotatable bonds is 6. The molecule has 1 saturated heterocycles. The topological polar surface area (TPSA) is 95.8 Å². The van der Waals surface area contributed by atoms with E-state index in [0.717, 1.165) is 5.56 Å². The average molecular weight is 496 g/mol. The number of nitrogens with one attached hydrogen (secondary N) is 1. The Hall–Kier alpha value is -2.49. The maximum Gasteiger partial charge on any atom is 0.270 e. The molecule has 0 aliphatic carbocycles. The third-order valence-corrected chi connectivity index (χ3v) is 5.85. The second-order valence-corrected chi connectivity index (χ2v) is 8.16.